The molecule has 0 aliphatic carbocycles. The monoisotopic (exact) mass is 314 g/mol. The van der Waals surface area contributed by atoms with E-state index in [1.807, 2.05) is 61.5 Å². The van der Waals surface area contributed by atoms with Gasteiger partial charge in [-0.3, -0.25) is 0 Å². The molecule has 0 radical (unpaired) electrons. The molecule has 0 spiro atoms. The summed E-state index contributed by atoms with van der Waals surface area (Å²) in [6.07, 6.45) is -0.148. The predicted molar refractivity (Wildman–Crippen MR) is 88.2 cm³/mol. The van der Waals surface area contributed by atoms with E-state index in [1.165, 1.54) is 0 Å². The number of aliphatic hydroxyl groups is 1. The minimum Gasteiger partial charge on any atom is -0.489 e. The normalized spacial score (nSPS) is 11.7. The van der Waals surface area contributed by atoms with E-state index in [4.69, 9.17) is 9.47 Å². The highest BCUT2D eigenvalue weighted by atomic mass is 16.5. The number of hydrogen-bond acceptors (Lipinski definition) is 4. The zero-order valence-electron chi connectivity index (χ0n) is 13.3. The molecule has 2 rings (SSSR count). The lowest BCUT2D eigenvalue weighted by molar-refractivity contribution is -0.153. The quantitative estimate of drug-likeness (QED) is 0.761. The summed E-state index contributed by atoms with van der Waals surface area (Å²) in [5.41, 5.74) is 1.96. The van der Waals surface area contributed by atoms with E-state index in [1.54, 1.807) is 0 Å². The number of rotatable bonds is 8. The number of esters is 1. The molecule has 1 N–H and O–H groups in total. The Morgan fingerprint density at radius 2 is 1.74 bits per heavy atom. The van der Waals surface area contributed by atoms with Crippen molar-refractivity contribution in [2.24, 2.45) is 0 Å². The van der Waals surface area contributed by atoms with Crippen LogP contribution in [0.5, 0.6) is 5.75 Å². The second-order valence-electron chi connectivity index (χ2n) is 5.31. The van der Waals surface area contributed by atoms with Gasteiger partial charge in [-0.1, -0.05) is 49.4 Å². The molecule has 4 heteroatoms. The zero-order chi connectivity index (χ0) is 16.5. The minimum atomic E-state index is -1.13. The van der Waals surface area contributed by atoms with Gasteiger partial charge in [0.25, 0.3) is 0 Å². The maximum atomic E-state index is 11.5. The highest BCUT2D eigenvalue weighted by Gasteiger charge is 2.16. The summed E-state index contributed by atoms with van der Waals surface area (Å²) in [6, 6.07) is 17.3. The zero-order valence-corrected chi connectivity index (χ0v) is 13.3. The molecule has 2 aromatic carbocycles. The first-order chi connectivity index (χ1) is 11.2. The van der Waals surface area contributed by atoms with Gasteiger partial charge < -0.3 is 14.6 Å². The van der Waals surface area contributed by atoms with Crippen LogP contribution in [0.3, 0.4) is 0 Å². The Labute approximate surface area is 136 Å². The molecule has 0 aromatic heterocycles. The number of ether oxygens (including phenoxy) is 2. The number of carbonyl (C=O) groups excluding carboxylic acids is 1. The Morgan fingerprint density at radius 3 is 2.39 bits per heavy atom. The number of hydrogen-bond donors (Lipinski definition) is 1. The molecule has 23 heavy (non-hydrogen) atoms. The first-order valence-electron chi connectivity index (χ1n) is 7.79. The molecular formula is C19H22O4. The SMILES string of the molecule is CCCOC(=O)C(O)Cc1ccc(OCc2ccccc2)cc1. The van der Waals surface area contributed by atoms with Crippen LogP contribution >= 0.6 is 0 Å². The lowest BCUT2D eigenvalue weighted by atomic mass is 10.1. The molecule has 1 atom stereocenters. The van der Waals surface area contributed by atoms with Crippen LogP contribution in [-0.2, 0) is 22.6 Å². The van der Waals surface area contributed by atoms with E-state index < -0.39 is 12.1 Å². The van der Waals surface area contributed by atoms with E-state index >= 15 is 0 Å². The highest BCUT2D eigenvalue weighted by Crippen LogP contribution is 2.15. The van der Waals surface area contributed by atoms with Crippen LogP contribution in [0.1, 0.15) is 24.5 Å². The van der Waals surface area contributed by atoms with Gasteiger partial charge in [0, 0.05) is 6.42 Å². The molecule has 0 heterocycles. The number of aliphatic hydroxyl groups excluding tert-OH is 1. The second-order valence-corrected chi connectivity index (χ2v) is 5.31. The van der Waals surface area contributed by atoms with Crippen LogP contribution in [0.4, 0.5) is 0 Å². The largest absolute Gasteiger partial charge is 0.489 e. The van der Waals surface area contributed by atoms with Gasteiger partial charge in [-0.15, -0.1) is 0 Å². The maximum Gasteiger partial charge on any atom is 0.335 e. The molecule has 0 saturated carbocycles. The summed E-state index contributed by atoms with van der Waals surface area (Å²) in [6.45, 7) is 2.75. The van der Waals surface area contributed by atoms with Gasteiger partial charge in [-0.25, -0.2) is 4.79 Å². The molecule has 0 amide bonds. The van der Waals surface area contributed by atoms with Crippen LogP contribution in [-0.4, -0.2) is 23.8 Å². The van der Waals surface area contributed by atoms with Crippen molar-refractivity contribution >= 4 is 5.97 Å². The van der Waals surface area contributed by atoms with Crippen molar-refractivity contribution in [1.29, 1.82) is 0 Å². The number of carbonyl (C=O) groups is 1. The third kappa shape index (κ3) is 5.75. The fourth-order valence-corrected chi connectivity index (χ4v) is 2.07. The first kappa shape index (κ1) is 17.0. The molecule has 2 aromatic rings. The Balaban J connectivity index is 1.83. The van der Waals surface area contributed by atoms with E-state index in [0.717, 1.165) is 23.3 Å². The molecule has 0 bridgehead atoms. The molecule has 1 unspecified atom stereocenters. The average Bonchev–Trinajstić information content (AvgIpc) is 2.60. The number of benzene rings is 2. The summed E-state index contributed by atoms with van der Waals surface area (Å²) in [5, 5.41) is 9.81. The summed E-state index contributed by atoms with van der Waals surface area (Å²) >= 11 is 0. The molecule has 0 aliphatic heterocycles. The van der Waals surface area contributed by atoms with Gasteiger partial charge in [0.2, 0.25) is 0 Å². The van der Waals surface area contributed by atoms with Crippen LogP contribution in [0.25, 0.3) is 0 Å². The molecule has 0 aliphatic rings. The Bertz CT molecular complexity index is 593. The molecule has 122 valence electrons. The molecule has 0 fully saturated rings. The Kier molecular flexibility index (Phi) is 6.63. The fourth-order valence-electron chi connectivity index (χ4n) is 2.07. The minimum absolute atomic E-state index is 0.238. The molecule has 0 saturated heterocycles. The topological polar surface area (TPSA) is 55.8 Å². The van der Waals surface area contributed by atoms with Crippen LogP contribution in [0.15, 0.2) is 54.6 Å². The van der Waals surface area contributed by atoms with Crippen LogP contribution < -0.4 is 4.74 Å². The van der Waals surface area contributed by atoms with E-state index in [-0.39, 0.29) is 6.42 Å². The third-order valence-corrected chi connectivity index (χ3v) is 3.32. The Morgan fingerprint density at radius 1 is 1.04 bits per heavy atom. The second kappa shape index (κ2) is 8.96. The van der Waals surface area contributed by atoms with Gasteiger partial charge in [0.1, 0.15) is 12.4 Å². The lowest BCUT2D eigenvalue weighted by Crippen LogP contribution is -2.25. The van der Waals surface area contributed by atoms with Gasteiger partial charge >= 0.3 is 5.97 Å². The highest BCUT2D eigenvalue weighted by molar-refractivity contribution is 5.74. The third-order valence-electron chi connectivity index (χ3n) is 3.32. The van der Waals surface area contributed by atoms with Gasteiger partial charge in [0.05, 0.1) is 6.61 Å². The van der Waals surface area contributed by atoms with Crippen LogP contribution in [0.2, 0.25) is 0 Å². The Hall–Kier alpha value is -2.33. The summed E-state index contributed by atoms with van der Waals surface area (Å²) in [5.74, 6) is 0.178. The van der Waals surface area contributed by atoms with Crippen molar-refractivity contribution in [3.05, 3.63) is 65.7 Å². The standard InChI is InChI=1S/C19H22O4/c1-2-12-22-19(21)18(20)13-15-8-10-17(11-9-15)23-14-16-6-4-3-5-7-16/h3-11,18,20H,2,12-14H2,1H3. The van der Waals surface area contributed by atoms with Crippen LogP contribution in [0, 0.1) is 0 Å². The van der Waals surface area contributed by atoms with Crippen molar-refractivity contribution in [3.63, 3.8) is 0 Å². The summed E-state index contributed by atoms with van der Waals surface area (Å²) in [4.78, 5) is 11.5. The van der Waals surface area contributed by atoms with Crippen molar-refractivity contribution in [1.82, 2.24) is 0 Å². The van der Waals surface area contributed by atoms with Crippen molar-refractivity contribution < 1.29 is 19.4 Å². The van der Waals surface area contributed by atoms with Gasteiger partial charge in [-0.05, 0) is 29.7 Å². The average molecular weight is 314 g/mol. The maximum absolute atomic E-state index is 11.5. The first-order valence-corrected chi connectivity index (χ1v) is 7.79. The fraction of sp³-hybridized carbons (Fsp3) is 0.316. The summed E-state index contributed by atoms with van der Waals surface area (Å²) in [7, 11) is 0. The summed E-state index contributed by atoms with van der Waals surface area (Å²) < 4.78 is 10.6. The van der Waals surface area contributed by atoms with E-state index in [2.05, 4.69) is 0 Å². The lowest BCUT2D eigenvalue weighted by Gasteiger charge is -2.11. The predicted octanol–water partition coefficient (Wildman–Crippen LogP) is 3.12. The molecular weight excluding hydrogens is 292 g/mol. The smallest absolute Gasteiger partial charge is 0.335 e. The van der Waals surface area contributed by atoms with Crippen molar-refractivity contribution in [2.45, 2.75) is 32.5 Å². The van der Waals surface area contributed by atoms with Crippen molar-refractivity contribution in [2.75, 3.05) is 6.61 Å². The van der Waals surface area contributed by atoms with Gasteiger partial charge in [0.15, 0.2) is 6.10 Å². The van der Waals surface area contributed by atoms with Gasteiger partial charge in [-0.2, -0.15) is 0 Å². The molecule has 4 nitrogen and oxygen atoms in total. The van der Waals surface area contributed by atoms with Crippen molar-refractivity contribution in [3.8, 4) is 5.75 Å². The van der Waals surface area contributed by atoms with E-state index in [9.17, 15) is 9.90 Å². The van der Waals surface area contributed by atoms with E-state index in [0.29, 0.717) is 13.2 Å².